The molecule has 0 atom stereocenters. The number of nitro groups is 1. The first kappa shape index (κ1) is 20.1. The first-order valence-electron chi connectivity index (χ1n) is 9.12. The summed E-state index contributed by atoms with van der Waals surface area (Å²) in [6, 6.07) is 8.61. The number of anilines is 2. The highest BCUT2D eigenvalue weighted by Gasteiger charge is 2.24. The molecule has 2 aromatic carbocycles. The predicted octanol–water partition coefficient (Wildman–Crippen LogP) is 4.07. The Bertz CT molecular complexity index is 1160. The first-order valence-corrected chi connectivity index (χ1v) is 10.3. The van der Waals surface area contributed by atoms with Crippen LogP contribution >= 0.6 is 23.6 Å². The lowest BCUT2D eigenvalue weighted by Gasteiger charge is -2.17. The van der Waals surface area contributed by atoms with Gasteiger partial charge in [-0.2, -0.15) is 0 Å². The van der Waals surface area contributed by atoms with Crippen LogP contribution in [-0.4, -0.2) is 34.0 Å². The molecule has 3 aromatic rings. The number of aromatic nitrogens is 1. The number of benzene rings is 2. The van der Waals surface area contributed by atoms with E-state index in [9.17, 15) is 19.3 Å². The Labute approximate surface area is 179 Å². The van der Waals surface area contributed by atoms with E-state index in [0.29, 0.717) is 21.0 Å². The van der Waals surface area contributed by atoms with Gasteiger partial charge < -0.3 is 10.2 Å². The molecule has 154 valence electrons. The minimum absolute atomic E-state index is 0.00852. The second-order valence-corrected chi connectivity index (χ2v) is 8.13. The van der Waals surface area contributed by atoms with Crippen molar-refractivity contribution in [1.29, 1.82) is 0 Å². The number of carbonyl (C=O) groups is 1. The molecule has 1 aliphatic heterocycles. The summed E-state index contributed by atoms with van der Waals surface area (Å²) in [5.41, 5.74) is 1.12. The van der Waals surface area contributed by atoms with E-state index in [2.05, 4.69) is 15.6 Å². The maximum Gasteiger partial charge on any atom is 0.293 e. The maximum absolute atomic E-state index is 13.3. The second-order valence-electron chi connectivity index (χ2n) is 6.69. The van der Waals surface area contributed by atoms with Crippen LogP contribution in [0.1, 0.15) is 23.2 Å². The molecule has 4 rings (SSSR count). The van der Waals surface area contributed by atoms with Gasteiger partial charge in [-0.3, -0.25) is 20.2 Å². The fourth-order valence-corrected chi connectivity index (χ4v) is 4.44. The average molecular weight is 446 g/mol. The molecule has 0 spiro atoms. The van der Waals surface area contributed by atoms with Crippen molar-refractivity contribution < 1.29 is 14.1 Å². The monoisotopic (exact) mass is 445 g/mol. The van der Waals surface area contributed by atoms with E-state index in [1.165, 1.54) is 29.5 Å². The molecule has 8 nitrogen and oxygen atoms in total. The van der Waals surface area contributed by atoms with Crippen molar-refractivity contribution in [3.05, 3.63) is 57.9 Å². The minimum atomic E-state index is -0.573. The molecule has 2 N–H and O–H groups in total. The number of amides is 1. The molecule has 0 radical (unpaired) electrons. The van der Waals surface area contributed by atoms with Crippen LogP contribution < -0.4 is 15.5 Å². The Balaban J connectivity index is 1.47. The summed E-state index contributed by atoms with van der Waals surface area (Å²) in [6.45, 7) is 1.51. The minimum Gasteiger partial charge on any atom is -0.366 e. The third-order valence-corrected chi connectivity index (χ3v) is 5.82. The van der Waals surface area contributed by atoms with Crippen molar-refractivity contribution in [2.75, 3.05) is 23.3 Å². The largest absolute Gasteiger partial charge is 0.366 e. The van der Waals surface area contributed by atoms with Crippen molar-refractivity contribution in [3.8, 4) is 0 Å². The maximum atomic E-state index is 13.3. The highest BCUT2D eigenvalue weighted by Crippen LogP contribution is 2.31. The van der Waals surface area contributed by atoms with Crippen molar-refractivity contribution >= 4 is 61.3 Å². The topological polar surface area (TPSA) is 100 Å². The first-order chi connectivity index (χ1) is 14.4. The third kappa shape index (κ3) is 4.21. The molecular weight excluding hydrogens is 429 g/mol. The lowest BCUT2D eigenvalue weighted by Crippen LogP contribution is -2.34. The Morgan fingerprint density at radius 2 is 2.00 bits per heavy atom. The molecule has 30 heavy (non-hydrogen) atoms. The van der Waals surface area contributed by atoms with Gasteiger partial charge >= 0.3 is 0 Å². The standard InChI is InChI=1S/C19H16FN5O3S2/c20-12-4-5-13-16(10-12)30-19(21-13)23-18(29)22-17(26)11-3-6-14(15(9-11)25(27)28)24-7-1-2-8-24/h3-6,9-10H,1-2,7-8H2,(H2,21,22,23,26,29). The zero-order chi connectivity index (χ0) is 21.3. The number of nitro benzene ring substituents is 1. The Morgan fingerprint density at radius 3 is 2.73 bits per heavy atom. The van der Waals surface area contributed by atoms with Crippen LogP contribution in [0.2, 0.25) is 0 Å². The summed E-state index contributed by atoms with van der Waals surface area (Å²) in [7, 11) is 0. The fraction of sp³-hybridized carbons (Fsp3) is 0.211. The number of carbonyl (C=O) groups excluding carboxylic acids is 1. The molecule has 2 heterocycles. The Hall–Kier alpha value is -3.18. The van der Waals surface area contributed by atoms with Gasteiger partial charge in [-0.05, 0) is 55.4 Å². The number of nitrogens with zero attached hydrogens (tertiary/aromatic N) is 3. The summed E-state index contributed by atoms with van der Waals surface area (Å²) >= 11 is 6.34. The van der Waals surface area contributed by atoms with Crippen LogP contribution in [0.5, 0.6) is 0 Å². The summed E-state index contributed by atoms with van der Waals surface area (Å²) < 4.78 is 13.9. The van der Waals surface area contributed by atoms with Crippen LogP contribution in [-0.2, 0) is 0 Å². The van der Waals surface area contributed by atoms with Crippen LogP contribution in [0, 0.1) is 15.9 Å². The van der Waals surface area contributed by atoms with Gasteiger partial charge in [-0.1, -0.05) is 11.3 Å². The molecule has 0 saturated carbocycles. The number of rotatable bonds is 4. The molecule has 1 aliphatic rings. The van der Waals surface area contributed by atoms with Crippen molar-refractivity contribution in [3.63, 3.8) is 0 Å². The van der Waals surface area contributed by atoms with E-state index in [4.69, 9.17) is 12.2 Å². The smallest absolute Gasteiger partial charge is 0.293 e. The Morgan fingerprint density at radius 1 is 1.23 bits per heavy atom. The van der Waals surface area contributed by atoms with Gasteiger partial charge in [-0.15, -0.1) is 0 Å². The van der Waals surface area contributed by atoms with Crippen molar-refractivity contribution in [2.45, 2.75) is 12.8 Å². The highest BCUT2D eigenvalue weighted by atomic mass is 32.1. The molecule has 0 unspecified atom stereocenters. The summed E-state index contributed by atoms with van der Waals surface area (Å²) in [6.07, 6.45) is 1.97. The number of nitrogens with one attached hydrogen (secondary N) is 2. The molecular formula is C19H16FN5O3S2. The molecule has 1 amide bonds. The number of hydrogen-bond donors (Lipinski definition) is 2. The van der Waals surface area contributed by atoms with Crippen molar-refractivity contribution in [2.24, 2.45) is 0 Å². The Kier molecular flexibility index (Phi) is 5.55. The number of halogens is 1. The van der Waals surface area contributed by atoms with Crippen LogP contribution in [0.15, 0.2) is 36.4 Å². The van der Waals surface area contributed by atoms with Gasteiger partial charge in [0, 0.05) is 24.7 Å². The second kappa shape index (κ2) is 8.28. The van der Waals surface area contributed by atoms with Gasteiger partial charge in [0.05, 0.1) is 15.1 Å². The van der Waals surface area contributed by atoms with Gasteiger partial charge in [0.25, 0.3) is 11.6 Å². The van der Waals surface area contributed by atoms with Gasteiger partial charge in [0.1, 0.15) is 11.5 Å². The molecule has 11 heteroatoms. The fourth-order valence-electron chi connectivity index (χ4n) is 3.29. The molecule has 1 saturated heterocycles. The van der Waals surface area contributed by atoms with Crippen LogP contribution in [0.4, 0.5) is 20.9 Å². The van der Waals surface area contributed by atoms with E-state index in [0.717, 1.165) is 25.9 Å². The highest BCUT2D eigenvalue weighted by molar-refractivity contribution is 7.80. The lowest BCUT2D eigenvalue weighted by atomic mass is 10.1. The van der Waals surface area contributed by atoms with Crippen LogP contribution in [0.3, 0.4) is 0 Å². The molecule has 1 aromatic heterocycles. The van der Waals surface area contributed by atoms with Gasteiger partial charge in [-0.25, -0.2) is 9.37 Å². The van der Waals surface area contributed by atoms with E-state index in [1.807, 2.05) is 4.90 Å². The SMILES string of the molecule is O=C(NC(=S)Nc1nc2ccc(F)cc2s1)c1ccc(N2CCCC2)c([N+](=O)[O-])c1. The average Bonchev–Trinajstić information content (AvgIpc) is 3.36. The van der Waals surface area contributed by atoms with E-state index < -0.39 is 10.8 Å². The van der Waals surface area contributed by atoms with Crippen LogP contribution in [0.25, 0.3) is 10.2 Å². The van der Waals surface area contributed by atoms with Gasteiger partial charge in [0.15, 0.2) is 10.2 Å². The van der Waals surface area contributed by atoms with Gasteiger partial charge in [0.2, 0.25) is 0 Å². The van der Waals surface area contributed by atoms with E-state index in [-0.39, 0.29) is 22.2 Å². The number of hydrogen-bond acceptors (Lipinski definition) is 7. The number of thiocarbonyl (C=S) groups is 1. The van der Waals surface area contributed by atoms with E-state index in [1.54, 1.807) is 18.2 Å². The summed E-state index contributed by atoms with van der Waals surface area (Å²) in [5, 5.41) is 17.2. The van der Waals surface area contributed by atoms with Crippen molar-refractivity contribution in [1.82, 2.24) is 10.3 Å². The molecule has 0 aliphatic carbocycles. The zero-order valence-electron chi connectivity index (χ0n) is 15.6. The number of thiazole rings is 1. The summed E-state index contributed by atoms with van der Waals surface area (Å²) in [4.78, 5) is 29.8. The van der Waals surface area contributed by atoms with E-state index >= 15 is 0 Å². The molecule has 0 bridgehead atoms. The third-order valence-electron chi connectivity index (χ3n) is 4.68. The molecule has 1 fully saturated rings. The lowest BCUT2D eigenvalue weighted by molar-refractivity contribution is -0.384. The zero-order valence-corrected chi connectivity index (χ0v) is 17.2. The predicted molar refractivity (Wildman–Crippen MR) is 118 cm³/mol. The number of fused-ring (bicyclic) bond motifs is 1. The normalized spacial score (nSPS) is 13.4. The quantitative estimate of drug-likeness (QED) is 0.355. The summed E-state index contributed by atoms with van der Waals surface area (Å²) in [5.74, 6) is -0.941.